The first-order valence-electron chi connectivity index (χ1n) is 11.3. The Kier molecular flexibility index (Phi) is 7.73. The van der Waals surface area contributed by atoms with Gasteiger partial charge in [0.2, 0.25) is 0 Å². The standard InChI is InChI=1S/C29H26BF2N3/c1-34(2)26-20-18-25(19-21-26)33-28(23-12-6-3-7-13-23)22-29(24-14-8-4-9-15-24)35(30(31)32)27-16-10-5-11-17-27/h3-22H,1-2H3/b29-22+,33-28?. The summed E-state index contributed by atoms with van der Waals surface area (Å²) in [6.07, 6.45) is 1.74. The average molecular weight is 465 g/mol. The van der Waals surface area contributed by atoms with E-state index >= 15 is 0 Å². The number of allylic oxidation sites excluding steroid dienone is 1. The topological polar surface area (TPSA) is 18.8 Å². The zero-order valence-electron chi connectivity index (χ0n) is 19.7. The van der Waals surface area contributed by atoms with E-state index in [1.54, 1.807) is 30.3 Å². The van der Waals surface area contributed by atoms with E-state index in [-0.39, 0.29) is 0 Å². The number of rotatable bonds is 8. The first-order valence-corrected chi connectivity index (χ1v) is 11.3. The Morgan fingerprint density at radius 2 is 1.17 bits per heavy atom. The number of halogens is 2. The van der Waals surface area contributed by atoms with E-state index in [2.05, 4.69) is 0 Å². The minimum atomic E-state index is -2.75. The molecule has 0 unspecified atom stereocenters. The van der Waals surface area contributed by atoms with Crippen LogP contribution in [0.25, 0.3) is 5.70 Å². The molecule has 0 aromatic heterocycles. The maximum Gasteiger partial charge on any atom is 0.678 e. The molecule has 0 bridgehead atoms. The highest BCUT2D eigenvalue weighted by molar-refractivity contribution is 6.52. The van der Waals surface area contributed by atoms with Crippen molar-refractivity contribution in [3.8, 4) is 0 Å². The van der Waals surface area contributed by atoms with Gasteiger partial charge in [0.15, 0.2) is 0 Å². The Labute approximate surface area is 205 Å². The molecular formula is C29H26BF2N3. The van der Waals surface area contributed by atoms with Crippen LogP contribution in [0.1, 0.15) is 11.1 Å². The molecule has 0 saturated carbocycles. The highest BCUT2D eigenvalue weighted by Gasteiger charge is 2.30. The average Bonchev–Trinajstić information content (AvgIpc) is 2.89. The molecule has 6 heteroatoms. The fourth-order valence-corrected chi connectivity index (χ4v) is 3.73. The molecule has 0 fully saturated rings. The molecule has 0 amide bonds. The summed E-state index contributed by atoms with van der Waals surface area (Å²) in [5.74, 6) is 0. The zero-order chi connectivity index (χ0) is 24.6. The molecule has 0 aliphatic heterocycles. The predicted molar refractivity (Wildman–Crippen MR) is 145 cm³/mol. The summed E-state index contributed by atoms with van der Waals surface area (Å²) in [4.78, 5) is 7.94. The smallest absolute Gasteiger partial charge is 0.378 e. The van der Waals surface area contributed by atoms with E-state index in [0.717, 1.165) is 21.7 Å². The molecule has 0 atom stereocenters. The largest absolute Gasteiger partial charge is 0.678 e. The molecule has 0 radical (unpaired) electrons. The van der Waals surface area contributed by atoms with Gasteiger partial charge in [-0.15, -0.1) is 0 Å². The molecule has 4 aromatic carbocycles. The second-order valence-corrected chi connectivity index (χ2v) is 8.15. The Morgan fingerprint density at radius 1 is 0.657 bits per heavy atom. The molecule has 4 rings (SSSR count). The third-order valence-corrected chi connectivity index (χ3v) is 5.52. The molecule has 35 heavy (non-hydrogen) atoms. The Hall–Kier alpha value is -4.19. The molecule has 3 nitrogen and oxygen atoms in total. The summed E-state index contributed by atoms with van der Waals surface area (Å²) in [6, 6.07) is 35.4. The number of nitrogens with zero attached hydrogens (tertiary/aromatic N) is 3. The summed E-state index contributed by atoms with van der Waals surface area (Å²) >= 11 is 0. The summed E-state index contributed by atoms with van der Waals surface area (Å²) in [5, 5.41) is 0. The van der Waals surface area contributed by atoms with Gasteiger partial charge in [0.05, 0.1) is 11.4 Å². The monoisotopic (exact) mass is 465 g/mol. The molecular weight excluding hydrogens is 439 g/mol. The van der Waals surface area contributed by atoms with Gasteiger partial charge in [-0.3, -0.25) is 8.63 Å². The molecule has 0 aliphatic carbocycles. The maximum atomic E-state index is 14.6. The third kappa shape index (κ3) is 6.04. The lowest BCUT2D eigenvalue weighted by molar-refractivity contribution is 0.657. The Morgan fingerprint density at radius 3 is 1.69 bits per heavy atom. The van der Waals surface area contributed by atoms with Crippen molar-refractivity contribution in [1.29, 1.82) is 0 Å². The second-order valence-electron chi connectivity index (χ2n) is 8.15. The van der Waals surface area contributed by atoms with Gasteiger partial charge in [0, 0.05) is 36.7 Å². The van der Waals surface area contributed by atoms with E-state index in [9.17, 15) is 8.63 Å². The Balaban J connectivity index is 1.91. The van der Waals surface area contributed by atoms with Crippen molar-refractivity contribution in [2.75, 3.05) is 23.8 Å². The fourth-order valence-electron chi connectivity index (χ4n) is 3.73. The number of anilines is 2. The van der Waals surface area contributed by atoms with Crippen LogP contribution >= 0.6 is 0 Å². The molecule has 0 aliphatic rings. The van der Waals surface area contributed by atoms with Crippen molar-refractivity contribution in [2.24, 2.45) is 4.99 Å². The van der Waals surface area contributed by atoms with Crippen molar-refractivity contribution in [1.82, 2.24) is 0 Å². The first kappa shape index (κ1) is 24.0. The van der Waals surface area contributed by atoms with Gasteiger partial charge in [0.1, 0.15) is 0 Å². The lowest BCUT2D eigenvalue weighted by Crippen LogP contribution is -2.32. The minimum Gasteiger partial charge on any atom is -0.378 e. The van der Waals surface area contributed by atoms with Crippen molar-refractivity contribution >= 4 is 35.9 Å². The first-order chi connectivity index (χ1) is 17.0. The van der Waals surface area contributed by atoms with Crippen LogP contribution in [0.4, 0.5) is 25.7 Å². The van der Waals surface area contributed by atoms with Crippen LogP contribution in [-0.4, -0.2) is 27.2 Å². The number of para-hydroxylation sites is 1. The molecule has 0 N–H and O–H groups in total. The van der Waals surface area contributed by atoms with E-state index in [1.165, 1.54) is 0 Å². The van der Waals surface area contributed by atoms with Crippen LogP contribution in [0.3, 0.4) is 0 Å². The Bertz CT molecular complexity index is 1270. The molecule has 4 aromatic rings. The maximum absolute atomic E-state index is 14.6. The third-order valence-electron chi connectivity index (χ3n) is 5.52. The molecule has 0 saturated heterocycles. The van der Waals surface area contributed by atoms with Crippen molar-refractivity contribution in [3.05, 3.63) is 132 Å². The summed E-state index contributed by atoms with van der Waals surface area (Å²) in [5.41, 5.74) is 4.64. The van der Waals surface area contributed by atoms with Crippen molar-refractivity contribution in [2.45, 2.75) is 0 Å². The normalized spacial score (nSPS) is 11.8. The van der Waals surface area contributed by atoms with E-state index in [1.807, 2.05) is 110 Å². The van der Waals surface area contributed by atoms with Gasteiger partial charge in [0.25, 0.3) is 0 Å². The van der Waals surface area contributed by atoms with Gasteiger partial charge >= 0.3 is 7.40 Å². The molecule has 0 spiro atoms. The highest BCUT2D eigenvalue weighted by Crippen LogP contribution is 2.30. The highest BCUT2D eigenvalue weighted by atomic mass is 19.2. The van der Waals surface area contributed by atoms with E-state index in [4.69, 9.17) is 4.99 Å². The van der Waals surface area contributed by atoms with Gasteiger partial charge in [-0.05, 0) is 48.0 Å². The number of benzene rings is 4. The van der Waals surface area contributed by atoms with Crippen molar-refractivity contribution in [3.63, 3.8) is 0 Å². The van der Waals surface area contributed by atoms with Crippen molar-refractivity contribution < 1.29 is 8.63 Å². The van der Waals surface area contributed by atoms with Gasteiger partial charge in [-0.1, -0.05) is 78.9 Å². The second kappa shape index (κ2) is 11.3. The molecule has 0 heterocycles. The van der Waals surface area contributed by atoms with Crippen LogP contribution in [0.15, 0.2) is 126 Å². The minimum absolute atomic E-state index is 0.360. The number of hydrogen-bond acceptors (Lipinski definition) is 3. The lowest BCUT2D eigenvalue weighted by Gasteiger charge is -2.26. The lowest BCUT2D eigenvalue weighted by atomic mass is 9.99. The van der Waals surface area contributed by atoms with Crippen LogP contribution in [-0.2, 0) is 0 Å². The summed E-state index contributed by atoms with van der Waals surface area (Å²) in [7, 11) is 1.20. The SMILES string of the molecule is CN(C)c1ccc(N=C(/C=C(\c2ccccc2)N(B(F)F)c2ccccc2)c2ccccc2)cc1. The van der Waals surface area contributed by atoms with E-state index in [0.29, 0.717) is 22.7 Å². The van der Waals surface area contributed by atoms with Crippen LogP contribution in [0.5, 0.6) is 0 Å². The van der Waals surface area contributed by atoms with Gasteiger partial charge in [-0.25, -0.2) is 4.99 Å². The van der Waals surface area contributed by atoms with E-state index < -0.39 is 7.40 Å². The fraction of sp³-hybridized carbons (Fsp3) is 0.0690. The summed E-state index contributed by atoms with van der Waals surface area (Å²) < 4.78 is 29.1. The molecule has 174 valence electrons. The zero-order valence-corrected chi connectivity index (χ0v) is 19.7. The predicted octanol–water partition coefficient (Wildman–Crippen LogP) is 7.35. The van der Waals surface area contributed by atoms with Crippen LogP contribution in [0.2, 0.25) is 0 Å². The number of aliphatic imine (C=N–C) groups is 1. The van der Waals surface area contributed by atoms with Gasteiger partial charge < -0.3 is 9.71 Å². The van der Waals surface area contributed by atoms with Gasteiger partial charge in [-0.2, -0.15) is 0 Å². The van der Waals surface area contributed by atoms with Crippen LogP contribution < -0.4 is 9.71 Å². The quantitative estimate of drug-likeness (QED) is 0.200. The van der Waals surface area contributed by atoms with Crippen LogP contribution in [0, 0.1) is 0 Å². The number of hydrogen-bond donors (Lipinski definition) is 0. The summed E-state index contributed by atoms with van der Waals surface area (Å²) in [6.45, 7) is 0.